The summed E-state index contributed by atoms with van der Waals surface area (Å²) in [6.45, 7) is 11.0. The van der Waals surface area contributed by atoms with Gasteiger partial charge in [-0.25, -0.2) is 4.98 Å². The van der Waals surface area contributed by atoms with Crippen LogP contribution in [0.25, 0.3) is 55.8 Å². The van der Waals surface area contributed by atoms with Gasteiger partial charge in [0.15, 0.2) is 0 Å². The molecule has 0 saturated carbocycles. The van der Waals surface area contributed by atoms with Gasteiger partial charge in [0.05, 0.1) is 11.3 Å². The first-order chi connectivity index (χ1) is 23.5. The average Bonchev–Trinajstić information content (AvgIpc) is 3.46. The monoisotopic (exact) mass is 898 g/mol. The third-order valence-electron chi connectivity index (χ3n) is 8.84. The maximum Gasteiger partial charge on any atom is 0.216 e. The Morgan fingerprint density at radius 3 is 2.24 bits per heavy atom. The first-order valence-electron chi connectivity index (χ1n) is 17.2. The normalized spacial score (nSPS) is 11.5. The summed E-state index contributed by atoms with van der Waals surface area (Å²) in [5.74, 6) is 8.43. The number of aryl methyl sites for hydroxylation is 1. The molecule has 4 heterocycles. The molecule has 0 aliphatic carbocycles. The molecule has 0 amide bonds. The van der Waals surface area contributed by atoms with Crippen LogP contribution in [0.2, 0.25) is 17.3 Å². The maximum atomic E-state index is 6.26. The summed E-state index contributed by atoms with van der Waals surface area (Å²) >= 11 is -1.86. The van der Waals surface area contributed by atoms with Crippen molar-refractivity contribution in [1.82, 2.24) is 15.0 Å². The Labute approximate surface area is 313 Å². The smallest absolute Gasteiger partial charge is 0.216 e. The standard InChI is InChI=1S/C26H21N2O.C18H24GeN.Ir/c1-16(2)18-13-14-27-24(15-18)22-10-6-9-20-21-11-12-23(28-26(21)29-25(20)22)19-8-5-4-7-17(19)3;1-14(2)11-16-12-18(15-9-7-6-8-10-15)20-13-17(16)19(3,4)5;/h4-9,11-16H,1-3H3;6-9,12-14H,11H2,1-5H3;/q2*-1;. The van der Waals surface area contributed by atoms with Gasteiger partial charge in [0.2, 0.25) is 5.71 Å². The molecule has 257 valence electrons. The molecule has 7 aromatic rings. The van der Waals surface area contributed by atoms with E-state index in [1.807, 2.05) is 48.7 Å². The van der Waals surface area contributed by atoms with Crippen LogP contribution in [0, 0.1) is 25.0 Å². The fourth-order valence-electron chi connectivity index (χ4n) is 6.25. The molecule has 0 bridgehead atoms. The quantitative estimate of drug-likeness (QED) is 0.118. The first-order valence-corrected chi connectivity index (χ1v) is 24.6. The number of rotatable bonds is 7. The molecule has 1 radical (unpaired) electrons. The SMILES string of the molecule is CC(C)Cc1cc(-c2[c-]cccc2)nc[c]1[Ge]([CH3])([CH3])[CH3].Cc1ccccc1-c1ccc2c(n1)oc1c(-c3cc(C(C)C)ccn3)[c-]ccc12.[Ir]. The molecular weight excluding hydrogens is 851 g/mol. The molecule has 0 N–H and O–H groups in total. The van der Waals surface area contributed by atoms with Crippen LogP contribution in [0.4, 0.5) is 0 Å². The Morgan fingerprint density at radius 2 is 1.54 bits per heavy atom. The molecule has 4 aromatic heterocycles. The van der Waals surface area contributed by atoms with Gasteiger partial charge < -0.3 is 9.40 Å². The van der Waals surface area contributed by atoms with Crippen LogP contribution in [0.1, 0.15) is 50.3 Å². The third-order valence-corrected chi connectivity index (χ3v) is 13.2. The summed E-state index contributed by atoms with van der Waals surface area (Å²) < 4.78 is 7.80. The van der Waals surface area contributed by atoms with Crippen LogP contribution in [-0.4, -0.2) is 28.2 Å². The van der Waals surface area contributed by atoms with Gasteiger partial charge in [-0.3, -0.25) is 0 Å². The number of hydrogen-bond acceptors (Lipinski definition) is 4. The fraction of sp³-hybridized carbons (Fsp3) is 0.250. The van der Waals surface area contributed by atoms with Crippen molar-refractivity contribution in [1.29, 1.82) is 0 Å². The minimum atomic E-state index is -1.86. The average molecular weight is 897 g/mol. The van der Waals surface area contributed by atoms with Crippen molar-refractivity contribution in [3.63, 3.8) is 0 Å². The number of hydrogen-bond donors (Lipinski definition) is 0. The molecule has 4 nitrogen and oxygen atoms in total. The zero-order valence-corrected chi connectivity index (χ0v) is 34.8. The number of aromatic nitrogens is 3. The molecule has 0 unspecified atom stereocenters. The summed E-state index contributed by atoms with van der Waals surface area (Å²) in [5, 5.41) is 2.04. The maximum absolute atomic E-state index is 6.26. The minimum Gasteiger partial charge on any atom is -0.486 e. The molecule has 3 aromatic carbocycles. The van der Waals surface area contributed by atoms with E-state index in [2.05, 4.69) is 124 Å². The Balaban J connectivity index is 0.000000204. The summed E-state index contributed by atoms with van der Waals surface area (Å²) in [4.78, 5) is 14.1. The van der Waals surface area contributed by atoms with Gasteiger partial charge in [-0.2, -0.15) is 0 Å². The predicted molar refractivity (Wildman–Crippen MR) is 208 cm³/mol. The van der Waals surface area contributed by atoms with Gasteiger partial charge in [0.25, 0.3) is 0 Å². The second-order valence-electron chi connectivity index (χ2n) is 14.5. The zero-order chi connectivity index (χ0) is 34.7. The molecule has 0 aliphatic rings. The topological polar surface area (TPSA) is 51.8 Å². The van der Waals surface area contributed by atoms with Crippen molar-refractivity contribution in [2.45, 2.75) is 64.2 Å². The van der Waals surface area contributed by atoms with Gasteiger partial charge in [-0.1, -0.05) is 60.7 Å². The van der Waals surface area contributed by atoms with Gasteiger partial charge in [0.1, 0.15) is 0 Å². The van der Waals surface area contributed by atoms with Crippen LogP contribution < -0.4 is 4.40 Å². The minimum absolute atomic E-state index is 0. The van der Waals surface area contributed by atoms with E-state index in [0.29, 0.717) is 17.5 Å². The Morgan fingerprint density at radius 1 is 0.760 bits per heavy atom. The summed E-state index contributed by atoms with van der Waals surface area (Å²) in [6.07, 6.45) is 5.13. The van der Waals surface area contributed by atoms with Crippen LogP contribution >= 0.6 is 0 Å². The van der Waals surface area contributed by atoms with Crippen molar-refractivity contribution in [2.24, 2.45) is 5.92 Å². The molecule has 0 spiro atoms. The fourth-order valence-corrected chi connectivity index (χ4v) is 9.58. The zero-order valence-electron chi connectivity index (χ0n) is 30.3. The van der Waals surface area contributed by atoms with Crippen molar-refractivity contribution in [3.05, 3.63) is 132 Å². The molecule has 6 heteroatoms. The van der Waals surface area contributed by atoms with E-state index in [1.165, 1.54) is 16.7 Å². The number of nitrogens with zero attached hydrogens (tertiary/aromatic N) is 3. The largest absolute Gasteiger partial charge is 0.486 e. The van der Waals surface area contributed by atoms with Crippen molar-refractivity contribution in [2.75, 3.05) is 0 Å². The van der Waals surface area contributed by atoms with Gasteiger partial charge >= 0.3 is 126 Å². The Hall–Kier alpha value is -3.90. The summed E-state index contributed by atoms with van der Waals surface area (Å²) in [6, 6.07) is 37.5. The van der Waals surface area contributed by atoms with Gasteiger partial charge in [0, 0.05) is 37.3 Å². The molecule has 7 rings (SSSR count). The van der Waals surface area contributed by atoms with E-state index < -0.39 is 13.3 Å². The predicted octanol–water partition coefficient (Wildman–Crippen LogP) is 11.2. The number of furan rings is 1. The van der Waals surface area contributed by atoms with Gasteiger partial charge in [-0.15, -0.1) is 18.2 Å². The van der Waals surface area contributed by atoms with E-state index in [4.69, 9.17) is 14.4 Å². The molecule has 0 saturated heterocycles. The van der Waals surface area contributed by atoms with E-state index >= 15 is 0 Å². The first kappa shape index (κ1) is 37.4. The molecule has 0 atom stereocenters. The summed E-state index contributed by atoms with van der Waals surface area (Å²) in [7, 11) is 0. The van der Waals surface area contributed by atoms with Gasteiger partial charge in [-0.05, 0) is 42.3 Å². The molecule has 50 heavy (non-hydrogen) atoms. The molecular formula is C44H45GeIrN3O-2. The second kappa shape index (κ2) is 16.0. The Kier molecular flexibility index (Phi) is 11.9. The Bertz CT molecular complexity index is 2220. The van der Waals surface area contributed by atoms with E-state index in [9.17, 15) is 0 Å². The van der Waals surface area contributed by atoms with E-state index in [-0.39, 0.29) is 20.1 Å². The van der Waals surface area contributed by atoms with Crippen molar-refractivity contribution < 1.29 is 24.5 Å². The summed E-state index contributed by atoms with van der Waals surface area (Å²) in [5.41, 5.74) is 11.3. The van der Waals surface area contributed by atoms with Crippen LogP contribution in [-0.2, 0) is 26.5 Å². The van der Waals surface area contributed by atoms with E-state index in [1.54, 1.807) is 4.40 Å². The van der Waals surface area contributed by atoms with Crippen LogP contribution in [0.3, 0.4) is 0 Å². The van der Waals surface area contributed by atoms with Crippen LogP contribution in [0.5, 0.6) is 0 Å². The second-order valence-corrected chi connectivity index (χ2v) is 25.1. The van der Waals surface area contributed by atoms with E-state index in [0.717, 1.165) is 56.5 Å². The number of fused-ring (bicyclic) bond motifs is 3. The van der Waals surface area contributed by atoms with Crippen molar-refractivity contribution >= 4 is 39.7 Å². The third kappa shape index (κ3) is 8.34. The van der Waals surface area contributed by atoms with Crippen LogP contribution in [0.15, 0.2) is 108 Å². The molecule has 0 fully saturated rings. The molecule has 0 aliphatic heterocycles. The van der Waals surface area contributed by atoms with Crippen molar-refractivity contribution in [3.8, 4) is 33.8 Å². The number of pyridine rings is 3. The number of benzene rings is 3.